The molecular weight excluding hydrogens is 350 g/mol. The molecule has 1 unspecified atom stereocenters. The van der Waals surface area contributed by atoms with E-state index in [1.807, 2.05) is 30.3 Å². The number of aliphatic imine (C=N–C) groups is 1. The molecule has 0 saturated carbocycles. The van der Waals surface area contributed by atoms with Crippen molar-refractivity contribution < 1.29 is 4.42 Å². The molecule has 6 heteroatoms. The Morgan fingerprint density at radius 2 is 1.93 bits per heavy atom. The third-order valence-corrected chi connectivity index (χ3v) is 5.14. The third-order valence-electron chi connectivity index (χ3n) is 5.14. The molecule has 1 aliphatic heterocycles. The smallest absolute Gasteiger partial charge is 0.226 e. The SMILES string of the molecule is CN=C(NCc1coc(-c2ccccc2)n1)NCC(CC(C)C)N1CCCC1. The van der Waals surface area contributed by atoms with Crippen molar-refractivity contribution in [2.45, 2.75) is 45.7 Å². The van der Waals surface area contributed by atoms with Crippen molar-refractivity contribution >= 4 is 5.96 Å². The first kappa shape index (κ1) is 20.4. The zero-order chi connectivity index (χ0) is 19.8. The van der Waals surface area contributed by atoms with Gasteiger partial charge < -0.3 is 15.1 Å². The molecule has 1 aliphatic rings. The van der Waals surface area contributed by atoms with Gasteiger partial charge in [-0.15, -0.1) is 0 Å². The van der Waals surface area contributed by atoms with Crippen molar-refractivity contribution in [3.05, 3.63) is 42.3 Å². The van der Waals surface area contributed by atoms with Gasteiger partial charge in [0, 0.05) is 25.2 Å². The second-order valence-corrected chi connectivity index (χ2v) is 7.84. The number of oxazole rings is 1. The number of nitrogens with one attached hydrogen (secondary N) is 2. The van der Waals surface area contributed by atoms with Crippen LogP contribution in [0.4, 0.5) is 0 Å². The molecule has 1 atom stereocenters. The molecule has 0 radical (unpaired) electrons. The topological polar surface area (TPSA) is 65.7 Å². The normalized spacial score (nSPS) is 16.5. The van der Waals surface area contributed by atoms with Crippen molar-refractivity contribution in [3.8, 4) is 11.5 Å². The lowest BCUT2D eigenvalue weighted by Gasteiger charge is -2.29. The van der Waals surface area contributed by atoms with Crippen LogP contribution in [-0.4, -0.2) is 48.6 Å². The lowest BCUT2D eigenvalue weighted by atomic mass is 10.0. The third kappa shape index (κ3) is 5.83. The largest absolute Gasteiger partial charge is 0.444 e. The predicted molar refractivity (Wildman–Crippen MR) is 114 cm³/mol. The summed E-state index contributed by atoms with van der Waals surface area (Å²) >= 11 is 0. The van der Waals surface area contributed by atoms with Crippen LogP contribution in [0.25, 0.3) is 11.5 Å². The molecule has 1 saturated heterocycles. The fraction of sp³-hybridized carbons (Fsp3) is 0.545. The van der Waals surface area contributed by atoms with E-state index < -0.39 is 0 Å². The maximum absolute atomic E-state index is 5.61. The van der Waals surface area contributed by atoms with Crippen molar-refractivity contribution in [1.29, 1.82) is 0 Å². The van der Waals surface area contributed by atoms with Gasteiger partial charge in [0.25, 0.3) is 0 Å². The highest BCUT2D eigenvalue weighted by molar-refractivity contribution is 5.79. The molecule has 1 fully saturated rings. The van der Waals surface area contributed by atoms with Crippen LogP contribution >= 0.6 is 0 Å². The Kier molecular flexibility index (Phi) is 7.48. The minimum Gasteiger partial charge on any atom is -0.444 e. The van der Waals surface area contributed by atoms with Gasteiger partial charge >= 0.3 is 0 Å². The van der Waals surface area contributed by atoms with Gasteiger partial charge in [0.2, 0.25) is 5.89 Å². The number of benzene rings is 1. The maximum Gasteiger partial charge on any atom is 0.226 e. The van der Waals surface area contributed by atoms with Crippen molar-refractivity contribution in [1.82, 2.24) is 20.5 Å². The number of rotatable bonds is 8. The van der Waals surface area contributed by atoms with Gasteiger partial charge in [0.15, 0.2) is 5.96 Å². The number of hydrogen-bond donors (Lipinski definition) is 2. The van der Waals surface area contributed by atoms with Crippen molar-refractivity contribution in [2.75, 3.05) is 26.7 Å². The first-order valence-electron chi connectivity index (χ1n) is 10.3. The molecule has 0 bridgehead atoms. The van der Waals surface area contributed by atoms with E-state index in [1.54, 1.807) is 13.3 Å². The van der Waals surface area contributed by atoms with Gasteiger partial charge in [0.1, 0.15) is 6.26 Å². The van der Waals surface area contributed by atoms with E-state index >= 15 is 0 Å². The van der Waals surface area contributed by atoms with Crippen LogP contribution in [0.1, 0.15) is 38.8 Å². The molecule has 0 aliphatic carbocycles. The zero-order valence-corrected chi connectivity index (χ0v) is 17.3. The zero-order valence-electron chi connectivity index (χ0n) is 17.3. The van der Waals surface area contributed by atoms with E-state index in [-0.39, 0.29) is 0 Å². The van der Waals surface area contributed by atoms with E-state index in [2.05, 4.69) is 39.4 Å². The molecule has 2 aromatic rings. The van der Waals surface area contributed by atoms with Gasteiger partial charge in [-0.05, 0) is 50.4 Å². The summed E-state index contributed by atoms with van der Waals surface area (Å²) < 4.78 is 5.61. The summed E-state index contributed by atoms with van der Waals surface area (Å²) in [6.45, 7) is 8.51. The fourth-order valence-corrected chi connectivity index (χ4v) is 3.72. The average molecular weight is 384 g/mol. The van der Waals surface area contributed by atoms with Crippen LogP contribution in [0.5, 0.6) is 0 Å². The predicted octanol–water partition coefficient (Wildman–Crippen LogP) is 3.52. The Morgan fingerprint density at radius 3 is 2.61 bits per heavy atom. The first-order chi connectivity index (χ1) is 13.7. The van der Waals surface area contributed by atoms with Crippen LogP contribution in [0.3, 0.4) is 0 Å². The van der Waals surface area contributed by atoms with Crippen LogP contribution in [-0.2, 0) is 6.54 Å². The van der Waals surface area contributed by atoms with Gasteiger partial charge in [-0.2, -0.15) is 0 Å². The van der Waals surface area contributed by atoms with Crippen molar-refractivity contribution in [2.24, 2.45) is 10.9 Å². The van der Waals surface area contributed by atoms with E-state index in [1.165, 1.54) is 32.4 Å². The molecule has 1 aromatic carbocycles. The Bertz CT molecular complexity index is 734. The van der Waals surface area contributed by atoms with Gasteiger partial charge in [-0.25, -0.2) is 4.98 Å². The number of likely N-dealkylation sites (tertiary alicyclic amines) is 1. The van der Waals surface area contributed by atoms with Gasteiger partial charge in [-0.1, -0.05) is 32.0 Å². The second-order valence-electron chi connectivity index (χ2n) is 7.84. The fourth-order valence-electron chi connectivity index (χ4n) is 3.72. The molecule has 28 heavy (non-hydrogen) atoms. The molecule has 0 amide bonds. The van der Waals surface area contributed by atoms with E-state index in [9.17, 15) is 0 Å². The highest BCUT2D eigenvalue weighted by Crippen LogP contribution is 2.18. The van der Waals surface area contributed by atoms with Crippen LogP contribution in [0, 0.1) is 5.92 Å². The molecule has 1 aromatic heterocycles. The van der Waals surface area contributed by atoms with E-state index in [0.717, 1.165) is 23.8 Å². The summed E-state index contributed by atoms with van der Waals surface area (Å²) in [7, 11) is 1.81. The lowest BCUT2D eigenvalue weighted by Crippen LogP contribution is -2.46. The van der Waals surface area contributed by atoms with Crippen molar-refractivity contribution in [3.63, 3.8) is 0 Å². The summed E-state index contributed by atoms with van der Waals surface area (Å²) in [5.41, 5.74) is 1.85. The molecule has 0 spiro atoms. The average Bonchev–Trinajstić information content (AvgIpc) is 3.40. The molecule has 3 rings (SSSR count). The standard InChI is InChI=1S/C22H33N5O/c1-17(2)13-20(27-11-7-8-12-27)15-25-22(23-3)24-14-19-16-28-21(26-19)18-9-5-4-6-10-18/h4-6,9-10,16-17,20H,7-8,11-15H2,1-3H3,(H2,23,24,25). The molecule has 6 nitrogen and oxygen atoms in total. The lowest BCUT2D eigenvalue weighted by molar-refractivity contribution is 0.213. The summed E-state index contributed by atoms with van der Waals surface area (Å²) in [6, 6.07) is 10.5. The number of hydrogen-bond acceptors (Lipinski definition) is 4. The summed E-state index contributed by atoms with van der Waals surface area (Å²) in [6.07, 6.45) is 5.54. The van der Waals surface area contributed by atoms with E-state index in [4.69, 9.17) is 4.42 Å². The van der Waals surface area contributed by atoms with Crippen LogP contribution in [0.2, 0.25) is 0 Å². The number of nitrogens with zero attached hydrogens (tertiary/aromatic N) is 3. The van der Waals surface area contributed by atoms with Crippen LogP contribution in [0.15, 0.2) is 46.0 Å². The van der Waals surface area contributed by atoms with Crippen LogP contribution < -0.4 is 10.6 Å². The quantitative estimate of drug-likeness (QED) is 0.539. The highest BCUT2D eigenvalue weighted by Gasteiger charge is 2.22. The molecule has 2 heterocycles. The molecular formula is C22H33N5O. The Balaban J connectivity index is 1.51. The number of guanidine groups is 1. The van der Waals surface area contributed by atoms with Gasteiger partial charge in [-0.3, -0.25) is 9.89 Å². The summed E-state index contributed by atoms with van der Waals surface area (Å²) in [5, 5.41) is 6.85. The van der Waals surface area contributed by atoms with Gasteiger partial charge in [0.05, 0.1) is 12.2 Å². The Morgan fingerprint density at radius 1 is 1.18 bits per heavy atom. The van der Waals surface area contributed by atoms with E-state index in [0.29, 0.717) is 24.4 Å². The minimum absolute atomic E-state index is 0.554. The molecule has 2 N–H and O–H groups in total. The Hall–Kier alpha value is -2.34. The number of aromatic nitrogens is 1. The second kappa shape index (κ2) is 10.3. The monoisotopic (exact) mass is 383 g/mol. The first-order valence-corrected chi connectivity index (χ1v) is 10.3. The molecule has 152 valence electrons. The Labute approximate surface area is 168 Å². The summed E-state index contributed by atoms with van der Waals surface area (Å²) in [5.74, 6) is 2.14. The summed E-state index contributed by atoms with van der Waals surface area (Å²) in [4.78, 5) is 11.5. The highest BCUT2D eigenvalue weighted by atomic mass is 16.3. The minimum atomic E-state index is 0.554. The maximum atomic E-state index is 5.61.